The summed E-state index contributed by atoms with van der Waals surface area (Å²) >= 11 is 0. The lowest BCUT2D eigenvalue weighted by molar-refractivity contribution is 0.158. The fourth-order valence-electron chi connectivity index (χ4n) is 3.74. The Morgan fingerprint density at radius 3 is 3.00 bits per heavy atom. The van der Waals surface area contributed by atoms with Crippen LogP contribution in [0.25, 0.3) is 0 Å². The van der Waals surface area contributed by atoms with Crippen molar-refractivity contribution in [1.29, 1.82) is 0 Å². The zero-order valence-corrected chi connectivity index (χ0v) is 13.5. The molecule has 0 radical (unpaired) electrons. The molecule has 2 atom stereocenters. The van der Waals surface area contributed by atoms with Crippen LogP contribution >= 0.6 is 0 Å². The van der Waals surface area contributed by atoms with Gasteiger partial charge in [-0.3, -0.25) is 0 Å². The molecule has 1 aromatic carbocycles. The SMILES string of the molecule is O=[S+]1([O-])NCC2(CCCN(CC3CC3)C2)Nc2ccccc21. The normalized spacial score (nSPS) is 35.7. The molecule has 6 heteroatoms. The molecule has 4 rings (SSSR count). The van der Waals surface area contributed by atoms with Crippen molar-refractivity contribution in [3.63, 3.8) is 0 Å². The van der Waals surface area contributed by atoms with Crippen LogP contribution in [0.2, 0.25) is 0 Å². The number of anilines is 1. The number of benzene rings is 1. The first kappa shape index (κ1) is 14.6. The maximum atomic E-state index is 12.4. The van der Waals surface area contributed by atoms with Gasteiger partial charge in [0.15, 0.2) is 15.3 Å². The second-order valence-corrected chi connectivity index (χ2v) is 8.74. The minimum absolute atomic E-state index is 0.188. The average molecular weight is 321 g/mol. The summed E-state index contributed by atoms with van der Waals surface area (Å²) in [7, 11) is -3.41. The number of piperidine rings is 1. The van der Waals surface area contributed by atoms with Crippen LogP contribution in [-0.2, 0) is 14.6 Å². The number of hydrogen-bond acceptors (Lipinski definition) is 4. The molecule has 0 aromatic heterocycles. The van der Waals surface area contributed by atoms with Crippen molar-refractivity contribution < 1.29 is 8.76 Å². The number of fused-ring (bicyclic) bond motifs is 1. The smallest absolute Gasteiger partial charge is 0.198 e. The number of nitrogens with zero attached hydrogens (tertiary/aromatic N) is 1. The summed E-state index contributed by atoms with van der Waals surface area (Å²) in [6.45, 7) is 3.68. The maximum absolute atomic E-state index is 12.4. The van der Waals surface area contributed by atoms with E-state index in [4.69, 9.17) is 0 Å². The van der Waals surface area contributed by atoms with Gasteiger partial charge < -0.3 is 14.8 Å². The molecular weight excluding hydrogens is 298 g/mol. The topological polar surface area (TPSA) is 67.4 Å². The number of sulfonamides is 1. The summed E-state index contributed by atoms with van der Waals surface area (Å²) in [5.74, 6) is 0.866. The van der Waals surface area contributed by atoms with Gasteiger partial charge in [0.25, 0.3) is 0 Å². The highest BCUT2D eigenvalue weighted by atomic mass is 32.3. The summed E-state index contributed by atoms with van der Waals surface area (Å²) in [5.41, 5.74) is 0.549. The van der Waals surface area contributed by atoms with Crippen LogP contribution in [0, 0.1) is 5.92 Å². The molecule has 3 aliphatic rings. The molecule has 22 heavy (non-hydrogen) atoms. The molecule has 5 nitrogen and oxygen atoms in total. The van der Waals surface area contributed by atoms with Gasteiger partial charge in [-0.25, -0.2) is 0 Å². The van der Waals surface area contributed by atoms with Crippen LogP contribution in [0.15, 0.2) is 29.2 Å². The molecule has 2 fully saturated rings. The number of nitrogens with one attached hydrogen (secondary N) is 2. The van der Waals surface area contributed by atoms with Crippen molar-refractivity contribution in [2.45, 2.75) is 36.1 Å². The largest absolute Gasteiger partial charge is 0.593 e. The summed E-state index contributed by atoms with van der Waals surface area (Å²) in [6.07, 6.45) is 4.83. The molecule has 0 amide bonds. The van der Waals surface area contributed by atoms with E-state index < -0.39 is 10.4 Å². The standard InChI is InChI=1S/C16H23N3O2S/c20-22(21)15-5-2-1-4-14(15)18-16(11-17-22)8-3-9-19(12-16)10-13-6-7-13/h1-2,4-5,13,18H,3,6-12H2,(H-,17,20,21). The van der Waals surface area contributed by atoms with Crippen LogP contribution in [0.4, 0.5) is 5.69 Å². The van der Waals surface area contributed by atoms with E-state index >= 15 is 0 Å². The molecule has 2 aliphatic heterocycles. The van der Waals surface area contributed by atoms with E-state index in [1.54, 1.807) is 12.1 Å². The Kier molecular flexibility index (Phi) is 3.52. The Bertz CT molecular complexity index is 619. The molecule has 2 unspecified atom stereocenters. The Balaban J connectivity index is 1.61. The van der Waals surface area contributed by atoms with Crippen molar-refractivity contribution in [2.75, 3.05) is 31.5 Å². The zero-order valence-electron chi connectivity index (χ0n) is 12.7. The lowest BCUT2D eigenvalue weighted by Crippen LogP contribution is -2.58. The van der Waals surface area contributed by atoms with E-state index in [-0.39, 0.29) is 5.54 Å². The first-order chi connectivity index (χ1) is 10.6. The van der Waals surface area contributed by atoms with Gasteiger partial charge in [0.05, 0.1) is 17.8 Å². The highest BCUT2D eigenvalue weighted by Crippen LogP contribution is 2.36. The third-order valence-electron chi connectivity index (χ3n) is 5.05. The van der Waals surface area contributed by atoms with Crippen LogP contribution < -0.4 is 10.0 Å². The fraction of sp³-hybridized carbons (Fsp3) is 0.625. The number of para-hydroxylation sites is 1. The predicted molar refractivity (Wildman–Crippen MR) is 86.3 cm³/mol. The second kappa shape index (κ2) is 5.30. The van der Waals surface area contributed by atoms with Crippen molar-refractivity contribution in [3.8, 4) is 0 Å². The van der Waals surface area contributed by atoms with Gasteiger partial charge in [-0.05, 0) is 50.3 Å². The van der Waals surface area contributed by atoms with Crippen LogP contribution in [0.3, 0.4) is 0 Å². The molecule has 1 saturated carbocycles. The summed E-state index contributed by atoms with van der Waals surface area (Å²) in [6, 6.07) is 7.22. The quantitative estimate of drug-likeness (QED) is 0.816. The fourth-order valence-corrected chi connectivity index (χ4v) is 5.03. The lowest BCUT2D eigenvalue weighted by atomic mass is 9.88. The molecule has 1 spiro atoms. The number of hydrogen-bond donors (Lipinski definition) is 2. The molecule has 1 saturated heterocycles. The van der Waals surface area contributed by atoms with Crippen molar-refractivity contribution in [3.05, 3.63) is 24.3 Å². The third-order valence-corrected chi connectivity index (χ3v) is 6.51. The van der Waals surface area contributed by atoms with Gasteiger partial charge in [0.2, 0.25) is 0 Å². The molecule has 2 heterocycles. The highest BCUT2D eigenvalue weighted by molar-refractivity contribution is 7.96. The third kappa shape index (κ3) is 2.80. The monoisotopic (exact) mass is 321 g/mol. The van der Waals surface area contributed by atoms with E-state index in [0.717, 1.165) is 44.1 Å². The van der Waals surface area contributed by atoms with E-state index in [2.05, 4.69) is 14.9 Å². The molecule has 120 valence electrons. The van der Waals surface area contributed by atoms with Gasteiger partial charge in [-0.1, -0.05) is 16.3 Å². The molecule has 0 bridgehead atoms. The molecule has 2 N–H and O–H groups in total. The van der Waals surface area contributed by atoms with Gasteiger partial charge in [-0.2, -0.15) is 0 Å². The maximum Gasteiger partial charge on any atom is 0.198 e. The van der Waals surface area contributed by atoms with E-state index in [1.165, 1.54) is 12.8 Å². The zero-order chi connectivity index (χ0) is 15.2. The van der Waals surface area contributed by atoms with Crippen LogP contribution in [0.1, 0.15) is 25.7 Å². The Morgan fingerprint density at radius 1 is 1.36 bits per heavy atom. The van der Waals surface area contributed by atoms with E-state index in [9.17, 15) is 8.76 Å². The molecular formula is C16H23N3O2S. The van der Waals surface area contributed by atoms with E-state index in [1.807, 2.05) is 12.1 Å². The first-order valence-electron chi connectivity index (χ1n) is 8.16. The molecule has 1 aromatic rings. The number of rotatable bonds is 2. The van der Waals surface area contributed by atoms with Crippen molar-refractivity contribution in [2.24, 2.45) is 5.92 Å². The lowest BCUT2D eigenvalue weighted by Gasteiger charge is -2.42. The van der Waals surface area contributed by atoms with E-state index in [0.29, 0.717) is 11.4 Å². The van der Waals surface area contributed by atoms with Crippen molar-refractivity contribution >= 4 is 16.1 Å². The molecule has 1 aliphatic carbocycles. The van der Waals surface area contributed by atoms with Crippen LogP contribution in [-0.4, -0.2) is 41.2 Å². The average Bonchev–Trinajstić information content (AvgIpc) is 3.30. The second-order valence-electron chi connectivity index (χ2n) is 7.01. The Morgan fingerprint density at radius 2 is 2.18 bits per heavy atom. The predicted octanol–water partition coefficient (Wildman–Crippen LogP) is 1.85. The van der Waals surface area contributed by atoms with Crippen LogP contribution in [0.5, 0.6) is 0 Å². The van der Waals surface area contributed by atoms with Gasteiger partial charge in [0.1, 0.15) is 0 Å². The van der Waals surface area contributed by atoms with Gasteiger partial charge in [-0.15, -0.1) is 4.72 Å². The summed E-state index contributed by atoms with van der Waals surface area (Å²) in [5, 5.41) is 3.57. The minimum Gasteiger partial charge on any atom is -0.593 e. The highest BCUT2D eigenvalue weighted by Gasteiger charge is 2.42. The first-order valence-corrected chi connectivity index (χ1v) is 9.64. The Labute approximate surface area is 132 Å². The summed E-state index contributed by atoms with van der Waals surface area (Å²) in [4.78, 5) is 2.88. The van der Waals surface area contributed by atoms with Gasteiger partial charge in [0, 0.05) is 13.1 Å². The van der Waals surface area contributed by atoms with Gasteiger partial charge >= 0.3 is 0 Å². The minimum atomic E-state index is -3.41. The van der Waals surface area contributed by atoms with Crippen molar-refractivity contribution in [1.82, 2.24) is 9.62 Å². The Hall–Kier alpha value is -0.950. The summed E-state index contributed by atoms with van der Waals surface area (Å²) < 4.78 is 27.7. The number of likely N-dealkylation sites (tertiary alicyclic amines) is 1.